The Morgan fingerprint density at radius 3 is 1.83 bits per heavy atom. The molecule has 0 saturated carbocycles. The molecule has 0 saturated heterocycles. The van der Waals surface area contributed by atoms with Crippen LogP contribution < -0.4 is 0 Å². The first kappa shape index (κ1) is 29.1. The van der Waals surface area contributed by atoms with E-state index in [2.05, 4.69) is 168 Å². The molecule has 0 atom stereocenters. The van der Waals surface area contributed by atoms with Crippen molar-refractivity contribution in [3.63, 3.8) is 0 Å². The highest BCUT2D eigenvalue weighted by atomic mass is 32.1. The van der Waals surface area contributed by atoms with Crippen LogP contribution in [0.1, 0.15) is 0 Å². The molecule has 0 fully saturated rings. The van der Waals surface area contributed by atoms with Gasteiger partial charge in [0.15, 0.2) is 0 Å². The first-order valence-electron chi connectivity index (χ1n) is 17.6. The van der Waals surface area contributed by atoms with Gasteiger partial charge in [-0.3, -0.25) is 4.57 Å². The molecule has 0 aliphatic carbocycles. The Morgan fingerprint density at radius 2 is 1.00 bits per heavy atom. The summed E-state index contributed by atoms with van der Waals surface area (Å²) < 4.78 is 4.90. The topological polar surface area (TPSA) is 30.7 Å². The zero-order valence-corrected chi connectivity index (χ0v) is 28.8. The Labute approximate surface area is 303 Å². The summed E-state index contributed by atoms with van der Waals surface area (Å²) in [5, 5.41) is 8.51. The van der Waals surface area contributed by atoms with Gasteiger partial charge in [-0.1, -0.05) is 133 Å². The van der Waals surface area contributed by atoms with Crippen LogP contribution in [0.4, 0.5) is 0 Å². The number of hydrogen-bond donors (Lipinski definition) is 0. The van der Waals surface area contributed by atoms with E-state index < -0.39 is 0 Å². The first-order valence-corrected chi connectivity index (χ1v) is 18.4. The van der Waals surface area contributed by atoms with Crippen molar-refractivity contribution in [2.75, 3.05) is 0 Å². The van der Waals surface area contributed by atoms with Crippen LogP contribution in [0.2, 0.25) is 0 Å². The van der Waals surface area contributed by atoms with Crippen LogP contribution in [-0.4, -0.2) is 14.5 Å². The number of aromatic nitrogens is 3. The van der Waals surface area contributed by atoms with Crippen LogP contribution in [0.5, 0.6) is 0 Å². The van der Waals surface area contributed by atoms with Gasteiger partial charge in [-0.05, 0) is 75.5 Å². The molecule has 0 aliphatic rings. The van der Waals surface area contributed by atoms with Crippen molar-refractivity contribution in [3.8, 4) is 39.5 Å². The second kappa shape index (κ2) is 11.5. The molecule has 11 rings (SSSR count). The molecule has 0 bridgehead atoms. The van der Waals surface area contributed by atoms with Crippen LogP contribution in [0, 0.1) is 0 Å². The van der Waals surface area contributed by atoms with Crippen LogP contribution in [-0.2, 0) is 0 Å². The third-order valence-corrected chi connectivity index (χ3v) is 11.6. The lowest BCUT2D eigenvalue weighted by Crippen LogP contribution is -2.03. The Hall–Kier alpha value is -6.62. The SMILES string of the molecule is c1ccc(-c2nc(-n3c4ccccc4c4c5cc(-c6ccc(-c7ccc8sc9ccccc9c8c7)cc6)ccc5ccc43)nc3ccccc23)cc1. The van der Waals surface area contributed by atoms with Gasteiger partial charge in [-0.2, -0.15) is 0 Å². The Bertz CT molecular complexity index is 3170. The van der Waals surface area contributed by atoms with Crippen LogP contribution in [0.3, 0.4) is 0 Å². The number of hydrogen-bond acceptors (Lipinski definition) is 3. The quantitative estimate of drug-likeness (QED) is 0.185. The van der Waals surface area contributed by atoms with Crippen LogP contribution >= 0.6 is 11.3 Å². The molecule has 0 amide bonds. The van der Waals surface area contributed by atoms with E-state index >= 15 is 0 Å². The first-order chi connectivity index (χ1) is 25.8. The zero-order chi connectivity index (χ0) is 34.2. The monoisotopic (exact) mass is 679 g/mol. The molecule has 52 heavy (non-hydrogen) atoms. The lowest BCUT2D eigenvalue weighted by atomic mass is 9.96. The van der Waals surface area contributed by atoms with Crippen molar-refractivity contribution in [1.29, 1.82) is 0 Å². The van der Waals surface area contributed by atoms with E-state index in [1.54, 1.807) is 0 Å². The van der Waals surface area contributed by atoms with Gasteiger partial charge < -0.3 is 0 Å². The molecule has 3 nitrogen and oxygen atoms in total. The molecule has 3 heterocycles. The van der Waals surface area contributed by atoms with E-state index in [4.69, 9.17) is 9.97 Å². The maximum atomic E-state index is 5.27. The van der Waals surface area contributed by atoms with E-state index in [0.29, 0.717) is 5.95 Å². The summed E-state index contributed by atoms with van der Waals surface area (Å²) in [6.07, 6.45) is 0. The van der Waals surface area contributed by atoms with E-state index in [9.17, 15) is 0 Å². The van der Waals surface area contributed by atoms with Crippen molar-refractivity contribution in [3.05, 3.63) is 176 Å². The lowest BCUT2D eigenvalue weighted by molar-refractivity contribution is 1.01. The lowest BCUT2D eigenvalue weighted by Gasteiger charge is -2.12. The molecular weight excluding hydrogens is 651 g/mol. The Kier molecular flexibility index (Phi) is 6.42. The smallest absolute Gasteiger partial charge is 0.235 e. The average molecular weight is 680 g/mol. The summed E-state index contributed by atoms with van der Waals surface area (Å²) in [6.45, 7) is 0. The summed E-state index contributed by atoms with van der Waals surface area (Å²) >= 11 is 1.86. The van der Waals surface area contributed by atoms with Gasteiger partial charge in [-0.15, -0.1) is 11.3 Å². The molecule has 242 valence electrons. The highest BCUT2D eigenvalue weighted by molar-refractivity contribution is 7.25. The van der Waals surface area contributed by atoms with E-state index in [1.165, 1.54) is 64.0 Å². The number of rotatable bonds is 4. The normalized spacial score (nSPS) is 11.8. The Morgan fingerprint density at radius 1 is 0.385 bits per heavy atom. The standard InChI is InChI=1S/C48H29N3S/c1-2-10-33(11-3-1)47-37-13-4-7-15-41(37)49-48(50-47)51-42-16-8-5-14-38(42)46-39-28-34(23-22-32(39)24-26-43(46)51)30-18-20-31(21-19-30)35-25-27-45-40(29-35)36-12-6-9-17-44(36)52-45/h1-29H. The fourth-order valence-electron chi connectivity index (χ4n) is 7.92. The number of fused-ring (bicyclic) bond motifs is 9. The van der Waals surface area contributed by atoms with Crippen molar-refractivity contribution in [1.82, 2.24) is 14.5 Å². The average Bonchev–Trinajstić information content (AvgIpc) is 3.76. The molecule has 8 aromatic carbocycles. The molecule has 11 aromatic rings. The number of nitrogens with zero attached hydrogens (tertiary/aromatic N) is 3. The summed E-state index contributed by atoms with van der Waals surface area (Å²) in [4.78, 5) is 10.4. The van der Waals surface area contributed by atoms with Crippen molar-refractivity contribution < 1.29 is 0 Å². The fourth-order valence-corrected chi connectivity index (χ4v) is 9.01. The third-order valence-electron chi connectivity index (χ3n) is 10.4. The summed E-state index contributed by atoms with van der Waals surface area (Å²) in [5.74, 6) is 0.670. The van der Waals surface area contributed by atoms with Crippen LogP contribution in [0.15, 0.2) is 176 Å². The van der Waals surface area contributed by atoms with E-state index in [0.717, 1.165) is 33.2 Å². The van der Waals surface area contributed by atoms with Gasteiger partial charge >= 0.3 is 0 Å². The molecule has 0 unspecified atom stereocenters. The second-order valence-electron chi connectivity index (χ2n) is 13.4. The van der Waals surface area contributed by atoms with Crippen molar-refractivity contribution >= 4 is 75.0 Å². The molecule has 0 aliphatic heterocycles. The minimum atomic E-state index is 0.670. The van der Waals surface area contributed by atoms with Gasteiger partial charge in [0.2, 0.25) is 5.95 Å². The van der Waals surface area contributed by atoms with Crippen LogP contribution in [0.25, 0.3) is 103 Å². The molecule has 0 N–H and O–H groups in total. The summed E-state index contributed by atoms with van der Waals surface area (Å²) in [5.41, 5.74) is 9.95. The largest absolute Gasteiger partial charge is 0.278 e. The predicted octanol–water partition coefficient (Wildman–Crippen LogP) is 13.2. The molecule has 0 radical (unpaired) electrons. The zero-order valence-electron chi connectivity index (χ0n) is 28.0. The summed E-state index contributed by atoms with van der Waals surface area (Å²) in [7, 11) is 0. The molecule has 4 heteroatoms. The van der Waals surface area contributed by atoms with Gasteiger partial charge in [0.05, 0.1) is 22.2 Å². The minimum absolute atomic E-state index is 0.670. The predicted molar refractivity (Wildman–Crippen MR) is 221 cm³/mol. The fraction of sp³-hybridized carbons (Fsp3) is 0. The maximum absolute atomic E-state index is 5.27. The molecular formula is C48H29N3S. The van der Waals surface area contributed by atoms with Crippen molar-refractivity contribution in [2.24, 2.45) is 0 Å². The number of thiophene rings is 1. The van der Waals surface area contributed by atoms with Crippen molar-refractivity contribution in [2.45, 2.75) is 0 Å². The Balaban J connectivity index is 1.06. The van der Waals surface area contributed by atoms with E-state index in [1.807, 2.05) is 23.5 Å². The van der Waals surface area contributed by atoms with Gasteiger partial charge in [-0.25, -0.2) is 9.97 Å². The van der Waals surface area contributed by atoms with Gasteiger partial charge in [0.1, 0.15) is 0 Å². The van der Waals surface area contributed by atoms with E-state index in [-0.39, 0.29) is 0 Å². The minimum Gasteiger partial charge on any atom is -0.278 e. The number of benzene rings is 8. The highest BCUT2D eigenvalue weighted by Gasteiger charge is 2.19. The van der Waals surface area contributed by atoms with Gasteiger partial charge in [0.25, 0.3) is 0 Å². The third kappa shape index (κ3) is 4.51. The highest BCUT2D eigenvalue weighted by Crippen LogP contribution is 2.40. The van der Waals surface area contributed by atoms with Gasteiger partial charge in [0, 0.05) is 41.9 Å². The number of para-hydroxylation sites is 2. The molecule has 0 spiro atoms. The maximum Gasteiger partial charge on any atom is 0.235 e. The summed E-state index contributed by atoms with van der Waals surface area (Å²) in [6, 6.07) is 63.2. The second-order valence-corrected chi connectivity index (χ2v) is 14.5. The molecule has 3 aromatic heterocycles.